The van der Waals surface area contributed by atoms with Crippen molar-refractivity contribution in [3.63, 3.8) is 0 Å². The number of amides is 2. The molecule has 39 heavy (non-hydrogen) atoms. The molecule has 202 valence electrons. The average molecular weight is 558 g/mol. The molecule has 4 rings (SSSR count). The van der Waals surface area contributed by atoms with E-state index in [9.17, 15) is 22.4 Å². The van der Waals surface area contributed by atoms with Gasteiger partial charge >= 0.3 is 12.4 Å². The number of hydrogen-bond donors (Lipinski definition) is 2. The second kappa shape index (κ2) is 11.6. The first-order chi connectivity index (χ1) is 18.5. The second-order valence-corrected chi connectivity index (χ2v) is 9.19. The van der Waals surface area contributed by atoms with Crippen LogP contribution < -0.4 is 15.4 Å². The van der Waals surface area contributed by atoms with Crippen molar-refractivity contribution < 1.29 is 27.1 Å². The van der Waals surface area contributed by atoms with Crippen LogP contribution in [-0.2, 0) is 6.54 Å². The molecule has 0 aliphatic heterocycles. The molecule has 0 radical (unpaired) electrons. The lowest BCUT2D eigenvalue weighted by molar-refractivity contribution is -0.274. The highest BCUT2D eigenvalue weighted by Gasteiger charge is 2.31. The first kappa shape index (κ1) is 27.7. The summed E-state index contributed by atoms with van der Waals surface area (Å²) < 4.78 is 56.1. The van der Waals surface area contributed by atoms with Gasteiger partial charge in [0.1, 0.15) is 22.9 Å². The Bertz CT molecular complexity index is 1490. The first-order valence-corrected chi connectivity index (χ1v) is 12.1. The van der Waals surface area contributed by atoms with E-state index in [1.807, 2.05) is 19.9 Å². The predicted octanol–water partition coefficient (Wildman–Crippen LogP) is 6.27. The first-order valence-electron chi connectivity index (χ1n) is 11.7. The number of benzene rings is 3. The Morgan fingerprint density at radius 2 is 1.82 bits per heavy atom. The molecule has 0 saturated carbocycles. The molecule has 0 atom stereocenters. The smallest absolute Gasteiger partial charge is 0.406 e. The number of carbonyl (C=O) groups excluding carboxylic acids is 1. The van der Waals surface area contributed by atoms with E-state index in [1.54, 1.807) is 24.3 Å². The minimum absolute atomic E-state index is 0.0149. The standard InChI is InChI=1S/C27H23F4N5O2S/c1-16(2)23-13-19(28)6-11-22(23)25(39)34-26(37)32-14-17-4-3-5-18(12-17)24-33-15-36(35-24)20-7-9-21(10-8-20)38-27(29,30)31/h3-13,15-16H,14H2,1-2H3,(H2,32,34,37,39). The highest BCUT2D eigenvalue weighted by atomic mass is 32.1. The van der Waals surface area contributed by atoms with Crippen molar-refractivity contribution in [2.75, 3.05) is 0 Å². The quantitative estimate of drug-likeness (QED) is 0.207. The molecule has 3 aromatic carbocycles. The molecule has 4 aromatic rings. The molecular weight excluding hydrogens is 534 g/mol. The van der Waals surface area contributed by atoms with Crippen LogP contribution in [0.1, 0.15) is 36.5 Å². The van der Waals surface area contributed by atoms with E-state index in [0.717, 1.165) is 5.56 Å². The second-order valence-electron chi connectivity index (χ2n) is 8.78. The molecule has 0 bridgehead atoms. The molecular formula is C27H23F4N5O2S. The maximum Gasteiger partial charge on any atom is 0.573 e. The summed E-state index contributed by atoms with van der Waals surface area (Å²) in [6.07, 6.45) is -3.33. The molecule has 0 aliphatic rings. The van der Waals surface area contributed by atoms with Crippen molar-refractivity contribution >= 4 is 23.2 Å². The van der Waals surface area contributed by atoms with Crippen molar-refractivity contribution in [3.05, 3.63) is 95.6 Å². The average Bonchev–Trinajstić information content (AvgIpc) is 3.37. The van der Waals surface area contributed by atoms with Crippen LogP contribution in [0.2, 0.25) is 0 Å². The summed E-state index contributed by atoms with van der Waals surface area (Å²) in [7, 11) is 0. The molecule has 0 aliphatic carbocycles. The van der Waals surface area contributed by atoms with E-state index < -0.39 is 12.4 Å². The Balaban J connectivity index is 1.38. The van der Waals surface area contributed by atoms with Crippen LogP contribution in [-0.4, -0.2) is 32.1 Å². The van der Waals surface area contributed by atoms with Gasteiger partial charge in [0.05, 0.1) is 5.69 Å². The van der Waals surface area contributed by atoms with Crippen LogP contribution >= 0.6 is 12.2 Å². The van der Waals surface area contributed by atoms with E-state index in [0.29, 0.717) is 28.2 Å². The van der Waals surface area contributed by atoms with Gasteiger partial charge in [-0.3, -0.25) is 5.32 Å². The van der Waals surface area contributed by atoms with Gasteiger partial charge in [0.2, 0.25) is 0 Å². The molecule has 12 heteroatoms. The zero-order valence-electron chi connectivity index (χ0n) is 20.8. The molecule has 0 unspecified atom stereocenters. The summed E-state index contributed by atoms with van der Waals surface area (Å²) in [6, 6.07) is 16.2. The molecule has 0 saturated heterocycles. The third kappa shape index (κ3) is 7.38. The van der Waals surface area contributed by atoms with Crippen molar-refractivity contribution in [3.8, 4) is 22.8 Å². The summed E-state index contributed by atoms with van der Waals surface area (Å²) >= 11 is 5.37. The normalized spacial score (nSPS) is 11.4. The lowest BCUT2D eigenvalue weighted by Gasteiger charge is -2.15. The SMILES string of the molecule is CC(C)c1cc(F)ccc1C(=S)NC(=O)NCc1cccc(-c2ncn(-c3ccc(OC(F)(F)F)cc3)n2)c1. The minimum atomic E-state index is -4.77. The predicted molar refractivity (Wildman–Crippen MR) is 141 cm³/mol. The number of urea groups is 1. The molecule has 2 amide bonds. The van der Waals surface area contributed by atoms with Crippen molar-refractivity contribution in [1.29, 1.82) is 0 Å². The monoisotopic (exact) mass is 557 g/mol. The number of aromatic nitrogens is 3. The number of rotatable bonds is 7. The van der Waals surface area contributed by atoms with Gasteiger partial charge in [0.15, 0.2) is 5.82 Å². The van der Waals surface area contributed by atoms with Gasteiger partial charge in [-0.15, -0.1) is 18.3 Å². The van der Waals surface area contributed by atoms with Gasteiger partial charge in [0, 0.05) is 17.7 Å². The van der Waals surface area contributed by atoms with Gasteiger partial charge in [-0.2, -0.15) is 0 Å². The Morgan fingerprint density at radius 1 is 1.08 bits per heavy atom. The Morgan fingerprint density at radius 3 is 2.51 bits per heavy atom. The minimum Gasteiger partial charge on any atom is -0.406 e. The zero-order chi connectivity index (χ0) is 28.2. The van der Waals surface area contributed by atoms with E-state index in [2.05, 4.69) is 25.5 Å². The molecule has 7 nitrogen and oxygen atoms in total. The highest BCUT2D eigenvalue weighted by molar-refractivity contribution is 7.80. The van der Waals surface area contributed by atoms with Crippen LogP contribution in [0.15, 0.2) is 73.1 Å². The number of nitrogens with one attached hydrogen (secondary N) is 2. The lowest BCUT2D eigenvalue weighted by atomic mass is 9.97. The fourth-order valence-corrected chi connectivity index (χ4v) is 4.03. The van der Waals surface area contributed by atoms with E-state index in [1.165, 1.54) is 47.4 Å². The third-order valence-electron chi connectivity index (χ3n) is 5.57. The van der Waals surface area contributed by atoms with Crippen LogP contribution in [0, 0.1) is 5.82 Å². The van der Waals surface area contributed by atoms with Gasteiger partial charge < -0.3 is 10.1 Å². The maximum atomic E-state index is 13.7. The Kier molecular flexibility index (Phi) is 8.24. The summed E-state index contributed by atoms with van der Waals surface area (Å²) in [6.45, 7) is 4.01. The van der Waals surface area contributed by atoms with Crippen molar-refractivity contribution in [2.45, 2.75) is 32.7 Å². The number of carbonyl (C=O) groups is 1. The largest absolute Gasteiger partial charge is 0.573 e. The number of thiocarbonyl (C=S) groups is 1. The molecule has 2 N–H and O–H groups in total. The summed E-state index contributed by atoms with van der Waals surface area (Å²) in [5.74, 6) is -0.311. The number of alkyl halides is 3. The molecule has 1 heterocycles. The fraction of sp³-hybridized carbons (Fsp3) is 0.185. The Hall–Kier alpha value is -4.32. The number of ether oxygens (including phenoxy) is 1. The molecule has 0 fully saturated rings. The molecule has 0 spiro atoms. The number of hydrogen-bond acceptors (Lipinski definition) is 5. The van der Waals surface area contributed by atoms with Crippen LogP contribution in [0.25, 0.3) is 17.1 Å². The lowest BCUT2D eigenvalue weighted by Crippen LogP contribution is -2.39. The van der Waals surface area contributed by atoms with E-state index in [4.69, 9.17) is 12.2 Å². The third-order valence-corrected chi connectivity index (χ3v) is 5.89. The Labute approximate surface area is 226 Å². The summed E-state index contributed by atoms with van der Waals surface area (Å²) in [5, 5.41) is 9.76. The summed E-state index contributed by atoms with van der Waals surface area (Å²) in [5.41, 5.74) is 3.22. The van der Waals surface area contributed by atoms with Crippen LogP contribution in [0.3, 0.4) is 0 Å². The maximum absolute atomic E-state index is 13.7. The van der Waals surface area contributed by atoms with E-state index in [-0.39, 0.29) is 29.0 Å². The highest BCUT2D eigenvalue weighted by Crippen LogP contribution is 2.24. The number of nitrogens with zero attached hydrogens (tertiary/aromatic N) is 3. The summed E-state index contributed by atoms with van der Waals surface area (Å²) in [4.78, 5) is 17.0. The van der Waals surface area contributed by atoms with Crippen molar-refractivity contribution in [1.82, 2.24) is 25.4 Å². The number of halogens is 4. The van der Waals surface area contributed by atoms with Crippen molar-refractivity contribution in [2.24, 2.45) is 0 Å². The van der Waals surface area contributed by atoms with Gasteiger partial charge in [-0.05, 0) is 65.6 Å². The zero-order valence-corrected chi connectivity index (χ0v) is 21.6. The molecule has 1 aromatic heterocycles. The van der Waals surface area contributed by atoms with Gasteiger partial charge in [-0.1, -0.05) is 44.3 Å². The van der Waals surface area contributed by atoms with Gasteiger partial charge in [-0.25, -0.2) is 18.9 Å². The van der Waals surface area contributed by atoms with Gasteiger partial charge in [0.25, 0.3) is 0 Å². The fourth-order valence-electron chi connectivity index (χ4n) is 3.76. The topological polar surface area (TPSA) is 81.1 Å². The van der Waals surface area contributed by atoms with Crippen LogP contribution in [0.4, 0.5) is 22.4 Å². The van der Waals surface area contributed by atoms with Crippen LogP contribution in [0.5, 0.6) is 5.75 Å². The van der Waals surface area contributed by atoms with E-state index >= 15 is 0 Å².